The number of amides is 1. The Labute approximate surface area is 151 Å². The third kappa shape index (κ3) is 4.43. The molecule has 140 valence electrons. The average Bonchev–Trinajstić information content (AvgIpc) is 2.63. The van der Waals surface area contributed by atoms with Crippen LogP contribution in [-0.4, -0.2) is 23.4 Å². The largest absolute Gasteiger partial charge is 0.464 e. The molecule has 0 fully saturated rings. The maximum atomic E-state index is 13.7. The molecule has 0 aliphatic carbocycles. The second-order valence-corrected chi connectivity index (χ2v) is 5.46. The van der Waals surface area contributed by atoms with Gasteiger partial charge in [-0.3, -0.25) is 15.2 Å². The number of ether oxygens (including phenoxy) is 1. The van der Waals surface area contributed by atoms with Crippen molar-refractivity contribution in [3.05, 3.63) is 77.9 Å². The first-order valence-corrected chi connectivity index (χ1v) is 7.72. The molecule has 1 N–H and O–H groups in total. The van der Waals surface area contributed by atoms with Gasteiger partial charge in [0.2, 0.25) is 6.23 Å². The van der Waals surface area contributed by atoms with Crippen LogP contribution in [0.4, 0.5) is 17.6 Å². The topological polar surface area (TPSA) is 53.9 Å². The second kappa shape index (κ2) is 7.48. The first-order valence-electron chi connectivity index (χ1n) is 7.72. The number of hydrogen-bond donors (Lipinski definition) is 1. The van der Waals surface area contributed by atoms with E-state index in [9.17, 15) is 22.4 Å². The maximum absolute atomic E-state index is 13.7. The van der Waals surface area contributed by atoms with Crippen molar-refractivity contribution in [1.82, 2.24) is 10.4 Å². The average molecular weight is 379 g/mol. The zero-order valence-electron chi connectivity index (χ0n) is 13.7. The molecule has 1 heterocycles. The summed E-state index contributed by atoms with van der Waals surface area (Å²) >= 11 is 0. The van der Waals surface area contributed by atoms with E-state index in [0.717, 1.165) is 18.2 Å². The molecule has 9 heteroatoms. The van der Waals surface area contributed by atoms with Gasteiger partial charge in [0.1, 0.15) is 11.6 Å². The van der Waals surface area contributed by atoms with Gasteiger partial charge in [0.15, 0.2) is 0 Å². The van der Waals surface area contributed by atoms with Gasteiger partial charge in [-0.1, -0.05) is 18.2 Å². The van der Waals surface area contributed by atoms with Crippen LogP contribution in [0.15, 0.2) is 65.9 Å². The summed E-state index contributed by atoms with van der Waals surface area (Å²) in [5, 5.41) is 1.17. The molecule has 0 bridgehead atoms. The summed E-state index contributed by atoms with van der Waals surface area (Å²) in [5.74, 6) is -1.52. The Bertz CT molecular complexity index is 896. The molecule has 0 radical (unpaired) electrons. The van der Waals surface area contributed by atoms with Crippen molar-refractivity contribution < 1.29 is 27.1 Å². The van der Waals surface area contributed by atoms with Crippen molar-refractivity contribution in [2.24, 2.45) is 4.99 Å². The quantitative estimate of drug-likeness (QED) is 0.824. The summed E-state index contributed by atoms with van der Waals surface area (Å²) in [5.41, 5.74) is 1.36. The Kier molecular flexibility index (Phi) is 5.11. The number of hydrogen-bond acceptors (Lipinski definition) is 4. The zero-order valence-corrected chi connectivity index (χ0v) is 13.7. The predicted octanol–water partition coefficient (Wildman–Crippen LogP) is 3.75. The number of carbonyl (C=O) groups excluding carboxylic acids is 1. The lowest BCUT2D eigenvalue weighted by Crippen LogP contribution is -2.49. The number of rotatable bonds is 4. The van der Waals surface area contributed by atoms with Gasteiger partial charge in [-0.15, -0.1) is 0 Å². The summed E-state index contributed by atoms with van der Waals surface area (Å²) in [6.45, 7) is 0. The van der Waals surface area contributed by atoms with Crippen LogP contribution in [-0.2, 0) is 6.18 Å². The molecule has 5 nitrogen and oxygen atoms in total. The first kappa shape index (κ1) is 18.4. The Morgan fingerprint density at radius 2 is 1.93 bits per heavy atom. The fourth-order valence-electron chi connectivity index (χ4n) is 2.29. The van der Waals surface area contributed by atoms with Crippen LogP contribution in [0.2, 0.25) is 0 Å². The lowest BCUT2D eigenvalue weighted by molar-refractivity contribution is -0.137. The van der Waals surface area contributed by atoms with Crippen molar-refractivity contribution in [1.29, 1.82) is 0 Å². The number of benzene rings is 2. The third-order valence-corrected chi connectivity index (χ3v) is 3.57. The highest BCUT2D eigenvalue weighted by Crippen LogP contribution is 2.31. The minimum absolute atomic E-state index is 0.0679. The number of nitrogens with zero attached hydrogens (tertiary/aromatic N) is 2. The monoisotopic (exact) mass is 379 g/mol. The zero-order chi connectivity index (χ0) is 19.4. The SMILES string of the molecule is O=C(NN1C=CN=CC1Oc1cccc(C(F)(F)F)c1)c1ccccc1F. The normalized spacial score (nSPS) is 16.3. The van der Waals surface area contributed by atoms with Gasteiger partial charge in [-0.2, -0.15) is 13.2 Å². The smallest absolute Gasteiger partial charge is 0.416 e. The highest BCUT2D eigenvalue weighted by molar-refractivity contribution is 5.94. The van der Waals surface area contributed by atoms with Crippen molar-refractivity contribution in [3.8, 4) is 5.75 Å². The molecule has 0 aromatic heterocycles. The number of carbonyl (C=O) groups is 1. The molecule has 3 rings (SSSR count). The molecule has 1 amide bonds. The lowest BCUT2D eigenvalue weighted by Gasteiger charge is -2.30. The van der Waals surface area contributed by atoms with Crippen LogP contribution in [0.3, 0.4) is 0 Å². The molecule has 2 aromatic rings. The molecular weight excluding hydrogens is 366 g/mol. The summed E-state index contributed by atoms with van der Waals surface area (Å²) in [7, 11) is 0. The molecule has 0 saturated carbocycles. The summed E-state index contributed by atoms with van der Waals surface area (Å²) < 4.78 is 57.7. The van der Waals surface area contributed by atoms with Gasteiger partial charge in [0.05, 0.1) is 17.3 Å². The standard InChI is InChI=1S/C18H13F4N3O2/c19-15-7-2-1-6-14(15)17(26)24-25-9-8-23-11-16(25)27-13-5-3-4-12(10-13)18(20,21)22/h1-11,16H,(H,24,26). The highest BCUT2D eigenvalue weighted by Gasteiger charge is 2.31. The van der Waals surface area contributed by atoms with Crippen LogP contribution >= 0.6 is 0 Å². The molecular formula is C18H13F4N3O2. The Morgan fingerprint density at radius 1 is 1.15 bits per heavy atom. The molecule has 1 aliphatic rings. The minimum Gasteiger partial charge on any atom is -0.464 e. The summed E-state index contributed by atoms with van der Waals surface area (Å²) in [6, 6.07) is 9.69. The maximum Gasteiger partial charge on any atom is 0.416 e. The molecule has 1 atom stereocenters. The number of halogens is 4. The van der Waals surface area contributed by atoms with Crippen molar-refractivity contribution in [2.45, 2.75) is 12.4 Å². The Balaban J connectivity index is 1.75. The van der Waals surface area contributed by atoms with Gasteiger partial charge in [-0.05, 0) is 30.3 Å². The van der Waals surface area contributed by atoms with Gasteiger partial charge in [-0.25, -0.2) is 9.40 Å². The number of hydrazine groups is 1. The van der Waals surface area contributed by atoms with E-state index in [4.69, 9.17) is 4.74 Å². The number of alkyl halides is 3. The van der Waals surface area contributed by atoms with Gasteiger partial charge < -0.3 is 4.74 Å². The second-order valence-electron chi connectivity index (χ2n) is 5.46. The van der Waals surface area contributed by atoms with E-state index in [2.05, 4.69) is 10.4 Å². The molecule has 1 unspecified atom stereocenters. The summed E-state index contributed by atoms with van der Waals surface area (Å²) in [6.07, 6.45) is -1.57. The third-order valence-electron chi connectivity index (χ3n) is 3.57. The Hall–Kier alpha value is -3.36. The van der Waals surface area contributed by atoms with Gasteiger partial charge in [0.25, 0.3) is 5.91 Å². The molecule has 1 aliphatic heterocycles. The van der Waals surface area contributed by atoms with Gasteiger partial charge in [0, 0.05) is 12.4 Å². The van der Waals surface area contributed by atoms with Crippen molar-refractivity contribution in [2.75, 3.05) is 0 Å². The lowest BCUT2D eigenvalue weighted by atomic mass is 10.2. The van der Waals surface area contributed by atoms with E-state index in [1.807, 2.05) is 0 Å². The van der Waals surface area contributed by atoms with E-state index < -0.39 is 29.7 Å². The minimum atomic E-state index is -4.52. The Morgan fingerprint density at radius 3 is 2.67 bits per heavy atom. The van der Waals surface area contributed by atoms with E-state index in [-0.39, 0.29) is 11.3 Å². The van der Waals surface area contributed by atoms with E-state index >= 15 is 0 Å². The van der Waals surface area contributed by atoms with Crippen LogP contribution in [0.1, 0.15) is 15.9 Å². The van der Waals surface area contributed by atoms with Crippen molar-refractivity contribution >= 4 is 12.1 Å². The van der Waals surface area contributed by atoms with Crippen LogP contribution < -0.4 is 10.2 Å². The van der Waals surface area contributed by atoms with E-state index in [1.165, 1.54) is 54.0 Å². The molecule has 2 aromatic carbocycles. The molecule has 0 spiro atoms. The molecule has 27 heavy (non-hydrogen) atoms. The van der Waals surface area contributed by atoms with E-state index in [1.54, 1.807) is 0 Å². The number of aliphatic imine (C=N–C) groups is 1. The molecule has 0 saturated heterocycles. The fraction of sp³-hybridized carbons (Fsp3) is 0.111. The first-order chi connectivity index (χ1) is 12.8. The highest BCUT2D eigenvalue weighted by atomic mass is 19.4. The van der Waals surface area contributed by atoms with E-state index in [0.29, 0.717) is 0 Å². The van der Waals surface area contributed by atoms with Gasteiger partial charge >= 0.3 is 6.18 Å². The summed E-state index contributed by atoms with van der Waals surface area (Å²) in [4.78, 5) is 16.1. The number of nitrogens with one attached hydrogen (secondary N) is 1. The van der Waals surface area contributed by atoms with Crippen LogP contribution in [0.5, 0.6) is 5.75 Å². The van der Waals surface area contributed by atoms with Crippen LogP contribution in [0, 0.1) is 5.82 Å². The van der Waals surface area contributed by atoms with Crippen LogP contribution in [0.25, 0.3) is 0 Å². The van der Waals surface area contributed by atoms with Crippen molar-refractivity contribution in [3.63, 3.8) is 0 Å². The fourth-order valence-corrected chi connectivity index (χ4v) is 2.29. The predicted molar refractivity (Wildman–Crippen MR) is 89.2 cm³/mol.